The molecule has 0 radical (unpaired) electrons. The third-order valence-electron chi connectivity index (χ3n) is 2.24. The average Bonchev–Trinajstić information content (AvgIpc) is 2.81. The van der Waals surface area contributed by atoms with Crippen LogP contribution in [0, 0.1) is 0 Å². The number of furan rings is 1. The van der Waals surface area contributed by atoms with Crippen LogP contribution in [0.2, 0.25) is 5.02 Å². The lowest BCUT2D eigenvalue weighted by Gasteiger charge is -2.07. The van der Waals surface area contributed by atoms with Gasteiger partial charge in [0.05, 0.1) is 15.3 Å². The zero-order valence-corrected chi connectivity index (χ0v) is 11.0. The first-order valence-corrected chi connectivity index (χ1v) is 6.43. The van der Waals surface area contributed by atoms with E-state index in [0.717, 1.165) is 5.03 Å². The molecule has 0 fully saturated rings. The number of thioether (sulfide) groups is 1. The van der Waals surface area contributed by atoms with Gasteiger partial charge in [-0.25, -0.2) is 9.78 Å². The number of carbonyl (C=O) groups is 1. The molecule has 2 aromatic heterocycles. The number of pyridine rings is 1. The van der Waals surface area contributed by atoms with Gasteiger partial charge in [-0.3, -0.25) is 0 Å². The quantitative estimate of drug-likeness (QED) is 0.863. The van der Waals surface area contributed by atoms with Crippen LogP contribution in [-0.4, -0.2) is 16.1 Å². The van der Waals surface area contributed by atoms with E-state index in [2.05, 4.69) is 4.98 Å². The molecule has 1 atom stereocenters. The van der Waals surface area contributed by atoms with Crippen molar-refractivity contribution in [1.82, 2.24) is 4.98 Å². The van der Waals surface area contributed by atoms with Crippen LogP contribution in [0.15, 0.2) is 39.9 Å². The van der Waals surface area contributed by atoms with E-state index in [9.17, 15) is 4.79 Å². The monoisotopic (exact) mass is 283 g/mol. The number of nitrogens with zero attached hydrogens (tertiary/aromatic N) is 1. The Balaban J connectivity index is 2.09. The lowest BCUT2D eigenvalue weighted by atomic mass is 10.3. The summed E-state index contributed by atoms with van der Waals surface area (Å²) in [6.45, 7) is 1.92. The Labute approximate surface area is 113 Å². The van der Waals surface area contributed by atoms with Crippen LogP contribution in [0.4, 0.5) is 0 Å². The first kappa shape index (κ1) is 13.0. The highest BCUT2D eigenvalue weighted by Gasteiger charge is 2.15. The highest BCUT2D eigenvalue weighted by molar-refractivity contribution is 7.99. The topological polar surface area (TPSA) is 63.3 Å². The Hall–Kier alpha value is -1.46. The summed E-state index contributed by atoms with van der Waals surface area (Å²) >= 11 is 7.22. The SMILES string of the molecule is CC(Sc1ccc(Cl)cn1)c1ccc(C(=O)O)o1. The molecule has 0 aliphatic heterocycles. The molecule has 1 N–H and O–H groups in total. The van der Waals surface area contributed by atoms with Crippen molar-refractivity contribution in [3.63, 3.8) is 0 Å². The number of carboxylic acids is 1. The van der Waals surface area contributed by atoms with Crippen LogP contribution < -0.4 is 0 Å². The standard InChI is InChI=1S/C12H10ClNO3S/c1-7(9-3-4-10(17-9)12(15)16)18-11-5-2-8(13)6-14-11/h2-7H,1H3,(H,15,16). The molecule has 6 heteroatoms. The van der Waals surface area contributed by atoms with Crippen molar-refractivity contribution in [1.29, 1.82) is 0 Å². The van der Waals surface area contributed by atoms with E-state index in [4.69, 9.17) is 21.1 Å². The van der Waals surface area contributed by atoms with Crippen molar-refractivity contribution >= 4 is 29.3 Å². The molecule has 0 bridgehead atoms. The average molecular weight is 284 g/mol. The van der Waals surface area contributed by atoms with Gasteiger partial charge in [-0.05, 0) is 31.2 Å². The number of aromatic nitrogens is 1. The molecule has 2 heterocycles. The van der Waals surface area contributed by atoms with Gasteiger partial charge in [0.15, 0.2) is 0 Å². The van der Waals surface area contributed by atoms with E-state index < -0.39 is 5.97 Å². The predicted octanol–water partition coefficient (Wildman–Crippen LogP) is 3.88. The normalized spacial score (nSPS) is 12.3. The number of hydrogen-bond acceptors (Lipinski definition) is 4. The van der Waals surface area contributed by atoms with Crippen LogP contribution in [0.5, 0.6) is 0 Å². The molecule has 0 aliphatic rings. The molecule has 18 heavy (non-hydrogen) atoms. The Morgan fingerprint density at radius 2 is 2.22 bits per heavy atom. The lowest BCUT2D eigenvalue weighted by Crippen LogP contribution is -1.92. The summed E-state index contributed by atoms with van der Waals surface area (Å²) in [7, 11) is 0. The molecule has 0 aliphatic carbocycles. The van der Waals surface area contributed by atoms with E-state index in [1.165, 1.54) is 17.8 Å². The van der Waals surface area contributed by atoms with Gasteiger partial charge in [0.25, 0.3) is 0 Å². The number of carboxylic acid groups (broad SMARTS) is 1. The van der Waals surface area contributed by atoms with Gasteiger partial charge in [0, 0.05) is 6.20 Å². The van der Waals surface area contributed by atoms with Crippen LogP contribution in [0.25, 0.3) is 0 Å². The number of halogens is 1. The molecule has 0 saturated carbocycles. The molecule has 0 spiro atoms. The largest absolute Gasteiger partial charge is 0.475 e. The summed E-state index contributed by atoms with van der Waals surface area (Å²) in [6.07, 6.45) is 1.57. The number of rotatable bonds is 4. The van der Waals surface area contributed by atoms with E-state index in [1.54, 1.807) is 18.3 Å². The van der Waals surface area contributed by atoms with Crippen molar-refractivity contribution in [2.75, 3.05) is 0 Å². The third kappa shape index (κ3) is 3.05. The lowest BCUT2D eigenvalue weighted by molar-refractivity contribution is 0.0660. The van der Waals surface area contributed by atoms with Crippen molar-refractivity contribution in [3.8, 4) is 0 Å². The first-order chi connectivity index (χ1) is 8.56. The highest BCUT2D eigenvalue weighted by atomic mass is 35.5. The summed E-state index contributed by atoms with van der Waals surface area (Å²) in [5.41, 5.74) is 0. The minimum atomic E-state index is -1.07. The van der Waals surface area contributed by atoms with E-state index in [0.29, 0.717) is 10.8 Å². The molecule has 4 nitrogen and oxygen atoms in total. The second-order valence-corrected chi connectivity index (χ2v) is 5.38. The summed E-state index contributed by atoms with van der Waals surface area (Å²) in [4.78, 5) is 14.9. The summed E-state index contributed by atoms with van der Waals surface area (Å²) in [6, 6.07) is 6.68. The van der Waals surface area contributed by atoms with Crippen molar-refractivity contribution in [3.05, 3.63) is 47.0 Å². The first-order valence-electron chi connectivity index (χ1n) is 5.17. The van der Waals surface area contributed by atoms with E-state index in [-0.39, 0.29) is 11.0 Å². The molecule has 0 saturated heterocycles. The Bertz CT molecular complexity index is 553. The van der Waals surface area contributed by atoms with Crippen LogP contribution in [-0.2, 0) is 0 Å². The van der Waals surface area contributed by atoms with E-state index >= 15 is 0 Å². The van der Waals surface area contributed by atoms with Crippen molar-refractivity contribution < 1.29 is 14.3 Å². The maximum atomic E-state index is 10.7. The van der Waals surface area contributed by atoms with Crippen molar-refractivity contribution in [2.24, 2.45) is 0 Å². The van der Waals surface area contributed by atoms with Gasteiger partial charge in [-0.15, -0.1) is 0 Å². The zero-order valence-electron chi connectivity index (χ0n) is 9.46. The second kappa shape index (κ2) is 5.46. The summed E-state index contributed by atoms with van der Waals surface area (Å²) in [5.74, 6) is -0.515. The summed E-state index contributed by atoms with van der Waals surface area (Å²) < 4.78 is 5.23. The molecule has 0 aromatic carbocycles. The van der Waals surface area contributed by atoms with Gasteiger partial charge < -0.3 is 9.52 Å². The minimum absolute atomic E-state index is 0.0215. The summed E-state index contributed by atoms with van der Waals surface area (Å²) in [5, 5.41) is 10.1. The Morgan fingerprint density at radius 3 is 2.78 bits per heavy atom. The predicted molar refractivity (Wildman–Crippen MR) is 69.2 cm³/mol. The zero-order chi connectivity index (χ0) is 13.1. The fourth-order valence-electron chi connectivity index (χ4n) is 1.36. The highest BCUT2D eigenvalue weighted by Crippen LogP contribution is 2.34. The minimum Gasteiger partial charge on any atom is -0.475 e. The fourth-order valence-corrected chi connectivity index (χ4v) is 2.33. The maximum absolute atomic E-state index is 10.7. The molecule has 2 aromatic rings. The van der Waals surface area contributed by atoms with Gasteiger partial charge in [-0.2, -0.15) is 0 Å². The third-order valence-corrected chi connectivity index (χ3v) is 3.53. The van der Waals surface area contributed by atoms with Crippen molar-refractivity contribution in [2.45, 2.75) is 17.2 Å². The van der Waals surface area contributed by atoms with Crippen LogP contribution in [0.1, 0.15) is 28.5 Å². The van der Waals surface area contributed by atoms with E-state index in [1.807, 2.05) is 13.0 Å². The number of hydrogen-bond donors (Lipinski definition) is 1. The number of aromatic carboxylic acids is 1. The second-order valence-electron chi connectivity index (χ2n) is 3.58. The van der Waals surface area contributed by atoms with Gasteiger partial charge in [0.1, 0.15) is 5.76 Å². The Kier molecular flexibility index (Phi) is 3.93. The molecule has 1 unspecified atom stereocenters. The van der Waals surface area contributed by atoms with Crippen LogP contribution in [0.3, 0.4) is 0 Å². The fraction of sp³-hybridized carbons (Fsp3) is 0.167. The van der Waals surface area contributed by atoms with Gasteiger partial charge in [-0.1, -0.05) is 23.4 Å². The molecular formula is C12H10ClNO3S. The smallest absolute Gasteiger partial charge is 0.371 e. The van der Waals surface area contributed by atoms with Crippen LogP contribution >= 0.6 is 23.4 Å². The Morgan fingerprint density at radius 1 is 1.44 bits per heavy atom. The molecule has 94 valence electrons. The van der Waals surface area contributed by atoms with Gasteiger partial charge >= 0.3 is 5.97 Å². The molecule has 0 amide bonds. The molecule has 2 rings (SSSR count). The maximum Gasteiger partial charge on any atom is 0.371 e. The van der Waals surface area contributed by atoms with Gasteiger partial charge in [0.2, 0.25) is 5.76 Å². The molecular weight excluding hydrogens is 274 g/mol.